The van der Waals surface area contributed by atoms with Gasteiger partial charge in [0.25, 0.3) is 0 Å². The highest BCUT2D eigenvalue weighted by Crippen LogP contribution is 2.34. The molecule has 3 N–H and O–H groups in total. The van der Waals surface area contributed by atoms with Crippen molar-refractivity contribution in [2.45, 2.75) is 18.0 Å². The van der Waals surface area contributed by atoms with Gasteiger partial charge in [-0.15, -0.1) is 0 Å². The summed E-state index contributed by atoms with van der Waals surface area (Å²) in [7, 11) is -2.85. The fourth-order valence-corrected chi connectivity index (χ4v) is 2.28. The van der Waals surface area contributed by atoms with Crippen molar-refractivity contribution in [1.29, 1.82) is 0 Å². The normalized spacial score (nSPS) is 12.8. The molecule has 0 spiro atoms. The van der Waals surface area contributed by atoms with E-state index in [0.717, 1.165) is 7.05 Å². The number of nitrogen functional groups attached to an aromatic ring is 1. The molecule has 0 heterocycles. The third-order valence-corrected chi connectivity index (χ3v) is 3.83. The van der Waals surface area contributed by atoms with Crippen molar-refractivity contribution in [2.24, 2.45) is 0 Å². The first kappa shape index (κ1) is 13.8. The molecule has 1 aromatic rings. The van der Waals surface area contributed by atoms with Crippen LogP contribution in [0.15, 0.2) is 17.0 Å². The van der Waals surface area contributed by atoms with Crippen LogP contribution in [0.3, 0.4) is 0 Å². The minimum absolute atomic E-state index is 0.0901. The van der Waals surface area contributed by atoms with E-state index in [0.29, 0.717) is 12.1 Å². The number of hydrogen-bond donors (Lipinski definition) is 2. The molecule has 1 aromatic carbocycles. The van der Waals surface area contributed by atoms with Crippen LogP contribution in [0, 0.1) is 6.92 Å². The Bertz CT molecular complexity index is 538. The third kappa shape index (κ3) is 2.70. The van der Waals surface area contributed by atoms with Gasteiger partial charge in [0.15, 0.2) is 0 Å². The number of alkyl halides is 3. The van der Waals surface area contributed by atoms with Crippen LogP contribution in [0.4, 0.5) is 18.9 Å². The van der Waals surface area contributed by atoms with Crippen LogP contribution in [0.1, 0.15) is 11.1 Å². The molecule has 0 amide bonds. The Labute approximate surface area is 96.7 Å². The van der Waals surface area contributed by atoms with Crippen molar-refractivity contribution in [3.63, 3.8) is 0 Å². The lowest BCUT2D eigenvalue weighted by Gasteiger charge is -2.13. The molecule has 0 atom stereocenters. The number of anilines is 1. The van der Waals surface area contributed by atoms with Gasteiger partial charge in [-0.1, -0.05) is 0 Å². The maximum absolute atomic E-state index is 12.5. The zero-order valence-electron chi connectivity index (χ0n) is 9.09. The number of benzene rings is 1. The second kappa shape index (κ2) is 4.19. The number of sulfonamides is 1. The molecule has 0 saturated carbocycles. The van der Waals surface area contributed by atoms with Crippen molar-refractivity contribution < 1.29 is 21.6 Å². The first-order chi connectivity index (χ1) is 7.59. The Morgan fingerprint density at radius 1 is 1.29 bits per heavy atom. The fourth-order valence-electron chi connectivity index (χ4n) is 1.26. The van der Waals surface area contributed by atoms with Crippen molar-refractivity contribution in [3.8, 4) is 0 Å². The van der Waals surface area contributed by atoms with E-state index < -0.39 is 26.7 Å². The predicted octanol–water partition coefficient (Wildman–Crippen LogP) is 1.50. The van der Waals surface area contributed by atoms with Crippen LogP contribution in [0.25, 0.3) is 0 Å². The van der Waals surface area contributed by atoms with Gasteiger partial charge in [-0.05, 0) is 31.7 Å². The molecule has 17 heavy (non-hydrogen) atoms. The van der Waals surface area contributed by atoms with E-state index in [4.69, 9.17) is 5.73 Å². The minimum atomic E-state index is -4.64. The van der Waals surface area contributed by atoms with E-state index in [1.54, 1.807) is 0 Å². The van der Waals surface area contributed by atoms with Gasteiger partial charge in [-0.3, -0.25) is 0 Å². The molecule has 0 radical (unpaired) electrons. The van der Waals surface area contributed by atoms with Crippen LogP contribution in [0.5, 0.6) is 0 Å². The van der Waals surface area contributed by atoms with Crippen LogP contribution >= 0.6 is 0 Å². The fraction of sp³-hybridized carbons (Fsp3) is 0.333. The van der Waals surface area contributed by atoms with Crippen LogP contribution in [0.2, 0.25) is 0 Å². The molecular weight excluding hydrogens is 257 g/mol. The highest BCUT2D eigenvalue weighted by atomic mass is 32.2. The standard InChI is InChI=1S/C9H11F3N2O2S/c1-5-7(13)3-6(9(10,11)12)4-8(5)17(15,16)14-2/h3-4,14H,13H2,1-2H3. The zero-order chi connectivity index (χ0) is 13.4. The van der Waals surface area contributed by atoms with Gasteiger partial charge >= 0.3 is 6.18 Å². The predicted molar refractivity (Wildman–Crippen MR) is 56.8 cm³/mol. The smallest absolute Gasteiger partial charge is 0.398 e. The van der Waals surface area contributed by atoms with Crippen molar-refractivity contribution in [2.75, 3.05) is 12.8 Å². The Morgan fingerprint density at radius 2 is 1.82 bits per heavy atom. The van der Waals surface area contributed by atoms with E-state index in [1.807, 2.05) is 4.72 Å². The summed E-state index contributed by atoms with van der Waals surface area (Å²) in [6.07, 6.45) is -4.64. The summed E-state index contributed by atoms with van der Waals surface area (Å²) in [5.74, 6) is 0. The SMILES string of the molecule is CNS(=O)(=O)c1cc(C(F)(F)F)cc(N)c1C. The largest absolute Gasteiger partial charge is 0.416 e. The average Bonchev–Trinajstić information content (AvgIpc) is 2.20. The Kier molecular flexibility index (Phi) is 3.40. The lowest BCUT2D eigenvalue weighted by molar-refractivity contribution is -0.137. The average molecular weight is 268 g/mol. The summed E-state index contributed by atoms with van der Waals surface area (Å²) in [6.45, 7) is 1.35. The second-order valence-corrected chi connectivity index (χ2v) is 5.25. The van der Waals surface area contributed by atoms with Crippen molar-refractivity contribution in [1.82, 2.24) is 4.72 Å². The Hall–Kier alpha value is -1.28. The van der Waals surface area contributed by atoms with Crippen molar-refractivity contribution in [3.05, 3.63) is 23.3 Å². The molecule has 0 fully saturated rings. The molecule has 0 unspecified atom stereocenters. The maximum atomic E-state index is 12.5. The maximum Gasteiger partial charge on any atom is 0.416 e. The molecule has 96 valence electrons. The Balaban J connectivity index is 3.58. The number of hydrogen-bond acceptors (Lipinski definition) is 3. The quantitative estimate of drug-likeness (QED) is 0.798. The van der Waals surface area contributed by atoms with E-state index in [2.05, 4.69) is 0 Å². The lowest BCUT2D eigenvalue weighted by atomic mass is 10.1. The van der Waals surface area contributed by atoms with Crippen LogP contribution in [-0.2, 0) is 16.2 Å². The topological polar surface area (TPSA) is 72.2 Å². The van der Waals surface area contributed by atoms with Gasteiger partial charge < -0.3 is 5.73 Å². The zero-order valence-corrected chi connectivity index (χ0v) is 9.91. The Morgan fingerprint density at radius 3 is 2.24 bits per heavy atom. The molecule has 0 aromatic heterocycles. The highest BCUT2D eigenvalue weighted by molar-refractivity contribution is 7.89. The molecular formula is C9H11F3N2O2S. The molecule has 4 nitrogen and oxygen atoms in total. The van der Waals surface area contributed by atoms with E-state index in [1.165, 1.54) is 6.92 Å². The van der Waals surface area contributed by atoms with Gasteiger partial charge in [0, 0.05) is 5.69 Å². The van der Waals surface area contributed by atoms with Crippen LogP contribution in [-0.4, -0.2) is 15.5 Å². The molecule has 0 aliphatic rings. The van der Waals surface area contributed by atoms with Gasteiger partial charge in [0.2, 0.25) is 10.0 Å². The first-order valence-corrected chi connectivity index (χ1v) is 5.99. The number of nitrogens with one attached hydrogen (secondary N) is 1. The van der Waals surface area contributed by atoms with E-state index in [9.17, 15) is 21.6 Å². The summed E-state index contributed by atoms with van der Waals surface area (Å²) in [6, 6.07) is 1.28. The number of rotatable bonds is 2. The summed E-state index contributed by atoms with van der Waals surface area (Å²) < 4.78 is 62.5. The molecule has 1 rings (SSSR count). The van der Waals surface area contributed by atoms with Gasteiger partial charge in [-0.25, -0.2) is 13.1 Å². The summed E-state index contributed by atoms with van der Waals surface area (Å²) in [5.41, 5.74) is 4.16. The molecule has 0 aliphatic carbocycles. The van der Waals surface area contributed by atoms with E-state index >= 15 is 0 Å². The van der Waals surface area contributed by atoms with E-state index in [-0.39, 0.29) is 11.3 Å². The van der Waals surface area contributed by atoms with Gasteiger partial charge in [0.1, 0.15) is 0 Å². The van der Waals surface area contributed by atoms with Gasteiger partial charge in [0.05, 0.1) is 10.5 Å². The molecule has 8 heteroatoms. The summed E-state index contributed by atoms with van der Waals surface area (Å²) in [4.78, 5) is -0.465. The monoisotopic (exact) mass is 268 g/mol. The summed E-state index contributed by atoms with van der Waals surface area (Å²) >= 11 is 0. The first-order valence-electron chi connectivity index (χ1n) is 4.50. The molecule has 0 bridgehead atoms. The lowest BCUT2D eigenvalue weighted by Crippen LogP contribution is -2.21. The summed E-state index contributed by atoms with van der Waals surface area (Å²) in [5, 5.41) is 0. The van der Waals surface area contributed by atoms with Gasteiger partial charge in [-0.2, -0.15) is 13.2 Å². The number of halogens is 3. The number of nitrogens with two attached hydrogens (primary N) is 1. The minimum Gasteiger partial charge on any atom is -0.398 e. The van der Waals surface area contributed by atoms with Crippen molar-refractivity contribution >= 4 is 15.7 Å². The third-order valence-electron chi connectivity index (χ3n) is 2.29. The molecule has 0 saturated heterocycles. The highest BCUT2D eigenvalue weighted by Gasteiger charge is 2.33. The second-order valence-electron chi connectivity index (χ2n) is 3.39. The van der Waals surface area contributed by atoms with Crippen LogP contribution < -0.4 is 10.5 Å². The molecule has 0 aliphatic heterocycles.